The molecule has 2 aromatic carbocycles. The maximum absolute atomic E-state index is 11.8. The van der Waals surface area contributed by atoms with Gasteiger partial charge in [-0.3, -0.25) is 0 Å². The Hall–Kier alpha value is -2.10. The largest absolute Gasteiger partial charge is 0.423 e. The van der Waals surface area contributed by atoms with Crippen molar-refractivity contribution in [3.05, 3.63) is 70.1 Å². The fourth-order valence-corrected chi connectivity index (χ4v) is 2.43. The molecule has 0 fully saturated rings. The van der Waals surface area contributed by atoms with Crippen LogP contribution in [0.2, 0.25) is 0 Å². The Labute approximate surface area is 128 Å². The molecule has 1 aromatic heterocycles. The van der Waals surface area contributed by atoms with E-state index in [0.29, 0.717) is 12.1 Å². The molecular formula is C17H16ClNO2. The topological polar surface area (TPSA) is 56.2 Å². The smallest absolute Gasteiger partial charge is 0.336 e. The van der Waals surface area contributed by atoms with Crippen molar-refractivity contribution < 1.29 is 4.42 Å². The number of aryl methyl sites for hydroxylation is 1. The van der Waals surface area contributed by atoms with Gasteiger partial charge < -0.3 is 10.2 Å². The molecule has 21 heavy (non-hydrogen) atoms. The van der Waals surface area contributed by atoms with E-state index in [1.807, 2.05) is 49.4 Å². The molecule has 0 spiro atoms. The SMILES string of the molecule is Cc1ccccc1-c1cc(=O)oc2cc(CN)ccc12.Cl. The zero-order valence-corrected chi connectivity index (χ0v) is 12.4. The lowest BCUT2D eigenvalue weighted by molar-refractivity contribution is 0.561. The first-order valence-corrected chi connectivity index (χ1v) is 6.52. The predicted molar refractivity (Wildman–Crippen MR) is 87.8 cm³/mol. The number of hydrogen-bond acceptors (Lipinski definition) is 3. The average Bonchev–Trinajstić information content (AvgIpc) is 2.46. The van der Waals surface area contributed by atoms with Crippen molar-refractivity contribution in [2.45, 2.75) is 13.5 Å². The Morgan fingerprint density at radius 2 is 1.81 bits per heavy atom. The molecule has 2 N–H and O–H groups in total. The molecule has 3 nitrogen and oxygen atoms in total. The van der Waals surface area contributed by atoms with Gasteiger partial charge in [0.05, 0.1) is 0 Å². The van der Waals surface area contributed by atoms with Gasteiger partial charge in [0.1, 0.15) is 5.58 Å². The molecular weight excluding hydrogens is 286 g/mol. The zero-order valence-electron chi connectivity index (χ0n) is 11.6. The lowest BCUT2D eigenvalue weighted by Gasteiger charge is -2.09. The quantitative estimate of drug-likeness (QED) is 0.735. The van der Waals surface area contributed by atoms with Crippen LogP contribution < -0.4 is 11.4 Å². The van der Waals surface area contributed by atoms with Gasteiger partial charge in [-0.05, 0) is 29.7 Å². The minimum Gasteiger partial charge on any atom is -0.423 e. The van der Waals surface area contributed by atoms with E-state index in [-0.39, 0.29) is 18.0 Å². The summed E-state index contributed by atoms with van der Waals surface area (Å²) in [4.78, 5) is 11.8. The molecule has 1 heterocycles. The highest BCUT2D eigenvalue weighted by molar-refractivity contribution is 5.94. The van der Waals surface area contributed by atoms with Crippen molar-refractivity contribution in [1.82, 2.24) is 0 Å². The van der Waals surface area contributed by atoms with Gasteiger partial charge in [0, 0.05) is 23.6 Å². The Balaban J connectivity index is 0.00000161. The van der Waals surface area contributed by atoms with Crippen LogP contribution >= 0.6 is 12.4 Å². The normalized spacial score (nSPS) is 10.4. The first-order valence-electron chi connectivity index (χ1n) is 6.52. The van der Waals surface area contributed by atoms with Crippen molar-refractivity contribution in [3.63, 3.8) is 0 Å². The summed E-state index contributed by atoms with van der Waals surface area (Å²) in [5.74, 6) is 0. The monoisotopic (exact) mass is 301 g/mol. The van der Waals surface area contributed by atoms with E-state index < -0.39 is 0 Å². The van der Waals surface area contributed by atoms with Crippen LogP contribution in [0.1, 0.15) is 11.1 Å². The first kappa shape index (κ1) is 15.3. The third-order valence-corrected chi connectivity index (χ3v) is 3.48. The van der Waals surface area contributed by atoms with Crippen LogP contribution in [0.25, 0.3) is 22.1 Å². The molecule has 0 aliphatic rings. The Kier molecular flexibility index (Phi) is 4.46. The number of rotatable bonds is 2. The van der Waals surface area contributed by atoms with Crippen molar-refractivity contribution in [2.75, 3.05) is 0 Å². The molecule has 0 amide bonds. The third-order valence-electron chi connectivity index (χ3n) is 3.48. The third kappa shape index (κ3) is 2.84. The number of hydrogen-bond donors (Lipinski definition) is 1. The second kappa shape index (κ2) is 6.12. The van der Waals surface area contributed by atoms with Crippen molar-refractivity contribution >= 4 is 23.4 Å². The predicted octanol–water partition coefficient (Wildman–Crippen LogP) is 3.65. The maximum atomic E-state index is 11.8. The van der Waals surface area contributed by atoms with E-state index in [0.717, 1.165) is 27.6 Å². The standard InChI is InChI=1S/C17H15NO2.ClH/c1-11-4-2-3-5-13(11)15-9-17(19)20-16-8-12(10-18)6-7-14(15)16;/h2-9H,10,18H2,1H3;1H. The van der Waals surface area contributed by atoms with Crippen LogP contribution in [0, 0.1) is 6.92 Å². The Morgan fingerprint density at radius 1 is 1.05 bits per heavy atom. The molecule has 0 atom stereocenters. The van der Waals surface area contributed by atoms with Crippen LogP contribution in [0.4, 0.5) is 0 Å². The minimum absolute atomic E-state index is 0. The molecule has 3 rings (SSSR count). The van der Waals surface area contributed by atoms with E-state index >= 15 is 0 Å². The van der Waals surface area contributed by atoms with E-state index in [1.165, 1.54) is 0 Å². The molecule has 0 unspecified atom stereocenters. The average molecular weight is 302 g/mol. The summed E-state index contributed by atoms with van der Waals surface area (Å²) in [6.07, 6.45) is 0. The summed E-state index contributed by atoms with van der Waals surface area (Å²) < 4.78 is 5.30. The fraction of sp³-hybridized carbons (Fsp3) is 0.118. The van der Waals surface area contributed by atoms with Crippen LogP contribution in [-0.2, 0) is 6.54 Å². The van der Waals surface area contributed by atoms with Gasteiger partial charge in [-0.25, -0.2) is 4.79 Å². The van der Waals surface area contributed by atoms with Crippen molar-refractivity contribution in [1.29, 1.82) is 0 Å². The molecule has 0 saturated carbocycles. The van der Waals surface area contributed by atoms with Crippen molar-refractivity contribution in [2.24, 2.45) is 5.73 Å². The summed E-state index contributed by atoms with van der Waals surface area (Å²) in [6.45, 7) is 2.46. The zero-order chi connectivity index (χ0) is 14.1. The molecule has 0 aliphatic heterocycles. The Bertz CT molecular complexity index is 840. The number of nitrogens with two attached hydrogens (primary N) is 1. The molecule has 0 aliphatic carbocycles. The summed E-state index contributed by atoms with van der Waals surface area (Å²) >= 11 is 0. The van der Waals surface area contributed by atoms with Gasteiger partial charge in [-0.15, -0.1) is 12.4 Å². The van der Waals surface area contributed by atoms with Crippen molar-refractivity contribution in [3.8, 4) is 11.1 Å². The molecule has 0 radical (unpaired) electrons. The van der Waals surface area contributed by atoms with Gasteiger partial charge in [-0.1, -0.05) is 36.4 Å². The van der Waals surface area contributed by atoms with E-state index in [4.69, 9.17) is 10.2 Å². The second-order valence-electron chi connectivity index (χ2n) is 4.83. The maximum Gasteiger partial charge on any atom is 0.336 e. The molecule has 0 saturated heterocycles. The molecule has 4 heteroatoms. The summed E-state index contributed by atoms with van der Waals surface area (Å²) in [5.41, 5.74) is 9.89. The van der Waals surface area contributed by atoms with Crippen LogP contribution in [0.15, 0.2) is 57.7 Å². The second-order valence-corrected chi connectivity index (χ2v) is 4.83. The lowest BCUT2D eigenvalue weighted by atomic mass is 9.97. The highest BCUT2D eigenvalue weighted by Gasteiger charge is 2.09. The highest BCUT2D eigenvalue weighted by Crippen LogP contribution is 2.29. The number of halogens is 1. The van der Waals surface area contributed by atoms with Gasteiger partial charge >= 0.3 is 5.63 Å². The van der Waals surface area contributed by atoms with Gasteiger partial charge in [0.2, 0.25) is 0 Å². The molecule has 3 aromatic rings. The number of fused-ring (bicyclic) bond motifs is 1. The minimum atomic E-state index is -0.343. The van der Waals surface area contributed by atoms with Crippen LogP contribution in [0.5, 0.6) is 0 Å². The fourth-order valence-electron chi connectivity index (χ4n) is 2.43. The van der Waals surface area contributed by atoms with E-state index in [9.17, 15) is 4.79 Å². The Morgan fingerprint density at radius 3 is 2.52 bits per heavy atom. The summed E-state index contributed by atoms with van der Waals surface area (Å²) in [7, 11) is 0. The summed E-state index contributed by atoms with van der Waals surface area (Å²) in [6, 6.07) is 15.3. The van der Waals surface area contributed by atoms with E-state index in [2.05, 4.69) is 0 Å². The first-order chi connectivity index (χ1) is 9.69. The molecule has 108 valence electrons. The van der Waals surface area contributed by atoms with Gasteiger partial charge in [0.15, 0.2) is 0 Å². The van der Waals surface area contributed by atoms with Crippen LogP contribution in [-0.4, -0.2) is 0 Å². The summed E-state index contributed by atoms with van der Waals surface area (Å²) in [5, 5.41) is 0.927. The van der Waals surface area contributed by atoms with Gasteiger partial charge in [0.25, 0.3) is 0 Å². The lowest BCUT2D eigenvalue weighted by Crippen LogP contribution is -2.01. The number of benzene rings is 2. The van der Waals surface area contributed by atoms with E-state index in [1.54, 1.807) is 6.07 Å². The van der Waals surface area contributed by atoms with Gasteiger partial charge in [-0.2, -0.15) is 0 Å². The molecule has 0 bridgehead atoms. The highest BCUT2D eigenvalue weighted by atomic mass is 35.5. The van der Waals surface area contributed by atoms with Crippen LogP contribution in [0.3, 0.4) is 0 Å².